The van der Waals surface area contributed by atoms with Crippen molar-refractivity contribution in [3.05, 3.63) is 92.3 Å². The Balaban J connectivity index is 2.03. The molecular formula is C20H16BrF2NO2. The minimum absolute atomic E-state index is 0.0562. The minimum Gasteiger partial charge on any atom is -0.427 e. The predicted molar refractivity (Wildman–Crippen MR) is 100 cm³/mol. The van der Waals surface area contributed by atoms with E-state index in [-0.39, 0.29) is 15.8 Å². The fraction of sp³-hybridized carbons (Fsp3) is 0.150. The highest BCUT2D eigenvalue weighted by atomic mass is 79.9. The van der Waals surface area contributed by atoms with Crippen LogP contribution >= 0.6 is 15.9 Å². The van der Waals surface area contributed by atoms with Gasteiger partial charge in [0, 0.05) is 17.4 Å². The van der Waals surface area contributed by atoms with Crippen molar-refractivity contribution in [3.63, 3.8) is 0 Å². The quantitative estimate of drug-likeness (QED) is 0.570. The first kappa shape index (κ1) is 18.3. The van der Waals surface area contributed by atoms with Crippen LogP contribution in [0.25, 0.3) is 5.69 Å². The molecule has 0 spiro atoms. The number of aryl methyl sites for hydroxylation is 2. The van der Waals surface area contributed by atoms with E-state index >= 15 is 0 Å². The molecule has 0 saturated heterocycles. The second-order valence-electron chi connectivity index (χ2n) is 5.92. The van der Waals surface area contributed by atoms with Gasteiger partial charge in [-0.25, -0.2) is 0 Å². The molecule has 1 heterocycles. The van der Waals surface area contributed by atoms with E-state index in [0.29, 0.717) is 11.4 Å². The van der Waals surface area contributed by atoms with Gasteiger partial charge in [-0.05, 0) is 54.0 Å². The van der Waals surface area contributed by atoms with E-state index in [1.165, 1.54) is 34.9 Å². The monoisotopic (exact) mass is 419 g/mol. The van der Waals surface area contributed by atoms with Crippen LogP contribution in [0.3, 0.4) is 0 Å². The van der Waals surface area contributed by atoms with E-state index in [4.69, 9.17) is 4.74 Å². The van der Waals surface area contributed by atoms with Gasteiger partial charge in [-0.15, -0.1) is 0 Å². The Bertz CT molecular complexity index is 983. The predicted octanol–water partition coefficient (Wildman–Crippen LogP) is 5.35. The number of hydrogen-bond acceptors (Lipinski definition) is 2. The van der Waals surface area contributed by atoms with Crippen LogP contribution in [-0.2, 0) is 6.11 Å². The first-order valence-electron chi connectivity index (χ1n) is 7.91. The maximum absolute atomic E-state index is 14.4. The molecule has 0 aliphatic carbocycles. The van der Waals surface area contributed by atoms with Crippen molar-refractivity contribution in [1.29, 1.82) is 0 Å². The van der Waals surface area contributed by atoms with E-state index in [1.807, 2.05) is 19.1 Å². The molecule has 0 N–H and O–H groups in total. The van der Waals surface area contributed by atoms with Crippen LogP contribution in [0.4, 0.5) is 8.78 Å². The smallest absolute Gasteiger partial charge is 0.426 e. The molecule has 134 valence electrons. The van der Waals surface area contributed by atoms with Gasteiger partial charge in [0.05, 0.1) is 5.56 Å². The summed E-state index contributed by atoms with van der Waals surface area (Å²) in [6, 6.07) is 16.0. The summed E-state index contributed by atoms with van der Waals surface area (Å²) in [6.45, 7) is 3.61. The van der Waals surface area contributed by atoms with Gasteiger partial charge >= 0.3 is 6.11 Å². The van der Waals surface area contributed by atoms with Crippen LogP contribution in [0.1, 0.15) is 16.8 Å². The molecule has 3 nitrogen and oxygen atoms in total. The van der Waals surface area contributed by atoms with Gasteiger partial charge in [0.1, 0.15) is 10.2 Å². The zero-order valence-corrected chi connectivity index (χ0v) is 15.8. The highest BCUT2D eigenvalue weighted by molar-refractivity contribution is 9.10. The van der Waals surface area contributed by atoms with Crippen molar-refractivity contribution >= 4 is 15.9 Å². The fourth-order valence-electron chi connectivity index (χ4n) is 2.60. The molecule has 0 aliphatic rings. The lowest BCUT2D eigenvalue weighted by Crippen LogP contribution is -2.26. The number of ether oxygens (including phenoxy) is 1. The standard InChI is InChI=1S/C20H16BrF2NO2/c1-13-8-10-16(11-9-13)24-14(2)12-17(18(21)19(24)25)26-20(22,23)15-6-4-3-5-7-15/h3-12H,1-2H3. The van der Waals surface area contributed by atoms with Gasteiger partial charge in [-0.3, -0.25) is 9.36 Å². The third kappa shape index (κ3) is 3.55. The number of hydrogen-bond donors (Lipinski definition) is 0. The number of alkyl halides is 2. The van der Waals surface area contributed by atoms with Crippen LogP contribution in [0.15, 0.2) is 69.9 Å². The van der Waals surface area contributed by atoms with Crippen molar-refractivity contribution in [3.8, 4) is 11.4 Å². The summed E-state index contributed by atoms with van der Waals surface area (Å²) in [4.78, 5) is 12.7. The minimum atomic E-state index is -3.56. The largest absolute Gasteiger partial charge is 0.427 e. The second-order valence-corrected chi connectivity index (χ2v) is 6.72. The first-order chi connectivity index (χ1) is 12.3. The molecule has 0 atom stereocenters. The molecule has 0 amide bonds. The molecule has 0 saturated carbocycles. The molecule has 0 fully saturated rings. The summed E-state index contributed by atoms with van der Waals surface area (Å²) in [5.74, 6) is -0.204. The lowest BCUT2D eigenvalue weighted by molar-refractivity contribution is -0.185. The summed E-state index contributed by atoms with van der Waals surface area (Å²) in [6.07, 6.45) is -3.56. The van der Waals surface area contributed by atoms with Gasteiger partial charge in [0.25, 0.3) is 5.56 Å². The Morgan fingerprint density at radius 1 is 1.00 bits per heavy atom. The topological polar surface area (TPSA) is 31.2 Å². The zero-order valence-electron chi connectivity index (χ0n) is 14.2. The summed E-state index contributed by atoms with van der Waals surface area (Å²) in [5.41, 5.74) is 1.45. The number of pyridine rings is 1. The number of nitrogens with zero attached hydrogens (tertiary/aromatic N) is 1. The van der Waals surface area contributed by atoms with Crippen LogP contribution in [0, 0.1) is 13.8 Å². The van der Waals surface area contributed by atoms with Crippen molar-refractivity contribution in [2.75, 3.05) is 0 Å². The molecule has 0 bridgehead atoms. The molecule has 1 aromatic heterocycles. The van der Waals surface area contributed by atoms with Gasteiger partial charge in [0.15, 0.2) is 0 Å². The molecule has 26 heavy (non-hydrogen) atoms. The van der Waals surface area contributed by atoms with Crippen LogP contribution in [-0.4, -0.2) is 4.57 Å². The van der Waals surface area contributed by atoms with Gasteiger partial charge in [-0.1, -0.05) is 35.9 Å². The van der Waals surface area contributed by atoms with Crippen molar-refractivity contribution in [2.45, 2.75) is 20.0 Å². The van der Waals surface area contributed by atoms with Gasteiger partial charge in [0.2, 0.25) is 0 Å². The lowest BCUT2D eigenvalue weighted by atomic mass is 10.2. The lowest BCUT2D eigenvalue weighted by Gasteiger charge is -2.20. The zero-order chi connectivity index (χ0) is 18.9. The van der Waals surface area contributed by atoms with Crippen molar-refractivity contribution < 1.29 is 13.5 Å². The van der Waals surface area contributed by atoms with E-state index in [2.05, 4.69) is 15.9 Å². The van der Waals surface area contributed by atoms with Crippen molar-refractivity contribution in [2.24, 2.45) is 0 Å². The third-order valence-corrected chi connectivity index (χ3v) is 4.67. The van der Waals surface area contributed by atoms with Gasteiger partial charge in [-0.2, -0.15) is 8.78 Å². The van der Waals surface area contributed by atoms with Gasteiger partial charge < -0.3 is 4.74 Å². The fourth-order valence-corrected chi connectivity index (χ4v) is 2.97. The summed E-state index contributed by atoms with van der Waals surface area (Å²) in [7, 11) is 0. The molecule has 0 aliphatic heterocycles. The summed E-state index contributed by atoms with van der Waals surface area (Å²) < 4.78 is 35.1. The maximum atomic E-state index is 14.4. The number of halogens is 3. The highest BCUT2D eigenvalue weighted by Crippen LogP contribution is 2.34. The van der Waals surface area contributed by atoms with Crippen molar-refractivity contribution in [1.82, 2.24) is 4.57 Å². The molecular weight excluding hydrogens is 404 g/mol. The number of benzene rings is 2. The molecule has 0 radical (unpaired) electrons. The molecule has 0 unspecified atom stereocenters. The normalized spacial score (nSPS) is 11.4. The average molecular weight is 420 g/mol. The summed E-state index contributed by atoms with van der Waals surface area (Å²) in [5, 5.41) is 0. The highest BCUT2D eigenvalue weighted by Gasteiger charge is 2.35. The van der Waals surface area contributed by atoms with Crippen LogP contribution in [0.2, 0.25) is 0 Å². The number of rotatable bonds is 4. The first-order valence-corrected chi connectivity index (χ1v) is 8.70. The Kier molecular flexibility index (Phi) is 4.96. The molecule has 3 aromatic rings. The molecule has 3 rings (SSSR count). The maximum Gasteiger partial charge on any atom is 0.426 e. The SMILES string of the molecule is Cc1ccc(-n2c(C)cc(OC(F)(F)c3ccccc3)c(Br)c2=O)cc1. The van der Waals surface area contributed by atoms with Crippen LogP contribution in [0.5, 0.6) is 5.75 Å². The second kappa shape index (κ2) is 7.03. The van der Waals surface area contributed by atoms with Crippen LogP contribution < -0.4 is 10.3 Å². The van der Waals surface area contributed by atoms with E-state index in [0.717, 1.165) is 5.56 Å². The average Bonchev–Trinajstić information content (AvgIpc) is 2.62. The molecule has 6 heteroatoms. The Hall–Kier alpha value is -2.47. The summed E-state index contributed by atoms with van der Waals surface area (Å²) >= 11 is 3.11. The molecule has 2 aromatic carbocycles. The van der Waals surface area contributed by atoms with E-state index in [9.17, 15) is 13.6 Å². The Labute approximate surface area is 158 Å². The Morgan fingerprint density at radius 2 is 1.62 bits per heavy atom. The van der Waals surface area contributed by atoms with E-state index < -0.39 is 11.7 Å². The van der Waals surface area contributed by atoms with E-state index in [1.54, 1.807) is 25.1 Å². The third-order valence-electron chi connectivity index (χ3n) is 3.94. The number of aromatic nitrogens is 1. The Morgan fingerprint density at radius 3 is 2.23 bits per heavy atom.